The number of nitrogens with one attached hydrogen (secondary N) is 1. The van der Waals surface area contributed by atoms with Crippen LogP contribution in [0.4, 0.5) is 0 Å². The lowest BCUT2D eigenvalue weighted by molar-refractivity contribution is -0.295. The number of rotatable bonds is 6. The maximum Gasteiger partial charge on any atom is 0.364 e. The molecule has 128 valence electrons. The zero-order valence-electron chi connectivity index (χ0n) is 11.3. The van der Waals surface area contributed by atoms with Gasteiger partial charge < -0.3 is 40.7 Å². The highest BCUT2D eigenvalue weighted by molar-refractivity contribution is 6.27. The molecule has 1 saturated heterocycles. The molecule has 1 aliphatic rings. The van der Waals surface area contributed by atoms with Crippen molar-refractivity contribution in [3.05, 3.63) is 0 Å². The van der Waals surface area contributed by atoms with Crippen molar-refractivity contribution in [2.75, 3.05) is 12.5 Å². The molecule has 3 unspecified atom stereocenters. The second-order valence-electron chi connectivity index (χ2n) is 4.91. The molecule has 0 spiro atoms. The van der Waals surface area contributed by atoms with Crippen LogP contribution in [-0.2, 0) is 14.3 Å². The minimum Gasteiger partial charge on any atom is -0.477 e. The fourth-order valence-corrected chi connectivity index (χ4v) is 2.20. The molecule has 11 heteroatoms. The summed E-state index contributed by atoms with van der Waals surface area (Å²) in [5.74, 6) is -5.85. The Hall–Kier alpha value is -1.01. The summed E-state index contributed by atoms with van der Waals surface area (Å²) in [6.45, 7) is -0.890. The van der Waals surface area contributed by atoms with Gasteiger partial charge in [0.25, 0.3) is 5.79 Å². The first-order valence-corrected chi connectivity index (χ1v) is 6.83. The van der Waals surface area contributed by atoms with E-state index in [2.05, 4.69) is 5.32 Å². The van der Waals surface area contributed by atoms with Gasteiger partial charge in [0, 0.05) is 6.42 Å². The van der Waals surface area contributed by atoms with Crippen molar-refractivity contribution in [1.82, 2.24) is 5.32 Å². The van der Waals surface area contributed by atoms with E-state index in [1.807, 2.05) is 0 Å². The quantitative estimate of drug-likeness (QED) is 0.239. The number of halogens is 1. The van der Waals surface area contributed by atoms with Crippen LogP contribution < -0.4 is 5.32 Å². The molecule has 1 aliphatic heterocycles. The Labute approximate surface area is 129 Å². The number of aliphatic hydroxyl groups is 5. The summed E-state index contributed by atoms with van der Waals surface area (Å²) in [5, 5.41) is 59.1. The van der Waals surface area contributed by atoms with Crippen LogP contribution in [0, 0.1) is 0 Å². The standard InChI is InChI=1S/C11H18ClNO9/c12-2-6(17)13-7-4(15)1-11(21,10(19)20)22-9(7)8(18)5(16)3-14/h4-5,7-9,14-16,18,21H,1-3H2,(H,13,17)(H,19,20)/t4-,5+,7?,8+,9?,11?/m0/s1. The van der Waals surface area contributed by atoms with Crippen molar-refractivity contribution in [2.45, 2.75) is 42.7 Å². The van der Waals surface area contributed by atoms with Crippen LogP contribution in [0.3, 0.4) is 0 Å². The third-order valence-corrected chi connectivity index (χ3v) is 3.53. The van der Waals surface area contributed by atoms with Gasteiger partial charge in [-0.3, -0.25) is 4.79 Å². The summed E-state index contributed by atoms with van der Waals surface area (Å²) < 4.78 is 4.87. The lowest BCUT2D eigenvalue weighted by Crippen LogP contribution is -2.67. The number of carbonyl (C=O) groups is 2. The zero-order valence-corrected chi connectivity index (χ0v) is 12.0. The Bertz CT molecular complexity index is 422. The molecule has 0 aromatic carbocycles. The van der Waals surface area contributed by atoms with E-state index in [9.17, 15) is 30.0 Å². The second kappa shape index (κ2) is 7.51. The second-order valence-corrected chi connectivity index (χ2v) is 5.18. The van der Waals surface area contributed by atoms with Gasteiger partial charge in [-0.25, -0.2) is 4.79 Å². The number of amides is 1. The summed E-state index contributed by atoms with van der Waals surface area (Å²) >= 11 is 5.31. The molecule has 10 nitrogen and oxygen atoms in total. The van der Waals surface area contributed by atoms with Crippen molar-refractivity contribution < 1.29 is 45.0 Å². The van der Waals surface area contributed by atoms with Gasteiger partial charge >= 0.3 is 5.97 Å². The Balaban J connectivity index is 3.07. The fourth-order valence-electron chi connectivity index (χ4n) is 2.13. The van der Waals surface area contributed by atoms with Gasteiger partial charge in [0.2, 0.25) is 5.91 Å². The Kier molecular flexibility index (Phi) is 6.50. The van der Waals surface area contributed by atoms with Crippen LogP contribution in [0.1, 0.15) is 6.42 Å². The highest BCUT2D eigenvalue weighted by Gasteiger charge is 2.53. The first-order valence-electron chi connectivity index (χ1n) is 6.30. The van der Waals surface area contributed by atoms with E-state index in [4.69, 9.17) is 26.6 Å². The molecule has 6 atom stereocenters. The smallest absolute Gasteiger partial charge is 0.364 e. The van der Waals surface area contributed by atoms with Crippen molar-refractivity contribution in [3.8, 4) is 0 Å². The summed E-state index contributed by atoms with van der Waals surface area (Å²) in [6, 6.07) is -1.35. The van der Waals surface area contributed by atoms with Crippen LogP contribution in [0.25, 0.3) is 0 Å². The number of carbonyl (C=O) groups excluding carboxylic acids is 1. The van der Waals surface area contributed by atoms with E-state index < -0.39 is 67.0 Å². The van der Waals surface area contributed by atoms with E-state index >= 15 is 0 Å². The number of hydrogen-bond acceptors (Lipinski definition) is 8. The molecule has 0 radical (unpaired) electrons. The summed E-state index contributed by atoms with van der Waals surface area (Å²) in [5.41, 5.74) is 0. The fraction of sp³-hybridized carbons (Fsp3) is 0.818. The summed E-state index contributed by atoms with van der Waals surface area (Å²) in [4.78, 5) is 22.4. The van der Waals surface area contributed by atoms with E-state index in [0.717, 1.165) is 0 Å². The highest BCUT2D eigenvalue weighted by Crippen LogP contribution is 2.30. The van der Waals surface area contributed by atoms with Gasteiger partial charge in [0.05, 0.1) is 18.8 Å². The topological polar surface area (TPSA) is 177 Å². The molecule has 0 aromatic rings. The van der Waals surface area contributed by atoms with Crippen molar-refractivity contribution in [1.29, 1.82) is 0 Å². The average Bonchev–Trinajstić information content (AvgIpc) is 2.47. The molecule has 1 heterocycles. The van der Waals surface area contributed by atoms with Gasteiger partial charge in [0.15, 0.2) is 0 Å². The van der Waals surface area contributed by atoms with Gasteiger partial charge in [-0.1, -0.05) is 0 Å². The monoisotopic (exact) mass is 343 g/mol. The molecule has 1 amide bonds. The van der Waals surface area contributed by atoms with Gasteiger partial charge in [-0.15, -0.1) is 11.6 Å². The predicted octanol–water partition coefficient (Wildman–Crippen LogP) is -3.65. The molecule has 22 heavy (non-hydrogen) atoms. The molecule has 0 aromatic heterocycles. The number of aliphatic hydroxyl groups excluding tert-OH is 4. The normalized spacial score (nSPS) is 34.7. The molecule has 0 aliphatic carbocycles. The van der Waals surface area contributed by atoms with E-state index in [-0.39, 0.29) is 0 Å². The van der Waals surface area contributed by atoms with Gasteiger partial charge in [-0.2, -0.15) is 0 Å². The van der Waals surface area contributed by atoms with E-state index in [0.29, 0.717) is 0 Å². The molecule has 1 rings (SSSR count). The van der Waals surface area contributed by atoms with Crippen LogP contribution in [0.5, 0.6) is 0 Å². The number of hydrogen-bond donors (Lipinski definition) is 7. The summed E-state index contributed by atoms with van der Waals surface area (Å²) in [7, 11) is 0. The average molecular weight is 344 g/mol. The molecular formula is C11H18ClNO9. The molecule has 1 fully saturated rings. The van der Waals surface area contributed by atoms with Crippen molar-refractivity contribution >= 4 is 23.5 Å². The van der Waals surface area contributed by atoms with E-state index in [1.54, 1.807) is 0 Å². The molecular weight excluding hydrogens is 326 g/mol. The molecule has 7 N–H and O–H groups in total. The number of ether oxygens (including phenoxy) is 1. The van der Waals surface area contributed by atoms with Crippen molar-refractivity contribution in [2.24, 2.45) is 0 Å². The SMILES string of the molecule is O=C(CCl)NC1C([C@H](O)[C@H](O)CO)OC(O)(C(=O)O)C[C@@H]1O. The van der Waals surface area contributed by atoms with Crippen LogP contribution in [-0.4, -0.2) is 91.2 Å². The highest BCUT2D eigenvalue weighted by atomic mass is 35.5. The van der Waals surface area contributed by atoms with Crippen molar-refractivity contribution in [3.63, 3.8) is 0 Å². The Morgan fingerprint density at radius 3 is 2.45 bits per heavy atom. The minimum absolute atomic E-state index is 0.474. The number of carboxylic acid groups (broad SMARTS) is 1. The third-order valence-electron chi connectivity index (χ3n) is 3.29. The lowest BCUT2D eigenvalue weighted by Gasteiger charge is -2.44. The Morgan fingerprint density at radius 2 is 2.00 bits per heavy atom. The number of aliphatic carboxylic acids is 1. The lowest BCUT2D eigenvalue weighted by atomic mass is 9.88. The molecule has 0 bridgehead atoms. The van der Waals surface area contributed by atoms with Crippen LogP contribution >= 0.6 is 11.6 Å². The minimum atomic E-state index is -2.82. The van der Waals surface area contributed by atoms with Crippen LogP contribution in [0.2, 0.25) is 0 Å². The Morgan fingerprint density at radius 1 is 1.41 bits per heavy atom. The predicted molar refractivity (Wildman–Crippen MR) is 69.8 cm³/mol. The first-order chi connectivity index (χ1) is 10.2. The maximum atomic E-state index is 11.3. The first kappa shape index (κ1) is 19.0. The van der Waals surface area contributed by atoms with Gasteiger partial charge in [0.1, 0.15) is 24.2 Å². The van der Waals surface area contributed by atoms with Gasteiger partial charge in [-0.05, 0) is 0 Å². The van der Waals surface area contributed by atoms with Crippen LogP contribution in [0.15, 0.2) is 0 Å². The third kappa shape index (κ3) is 4.04. The molecule has 0 saturated carbocycles. The largest absolute Gasteiger partial charge is 0.477 e. The summed E-state index contributed by atoms with van der Waals surface area (Å²) in [6.07, 6.45) is -7.71. The number of carboxylic acids is 1. The van der Waals surface area contributed by atoms with E-state index in [1.165, 1.54) is 0 Å². The zero-order chi connectivity index (χ0) is 17.1. The number of alkyl halides is 1. The maximum absolute atomic E-state index is 11.3.